The number of halogens is 2. The molecule has 28 heavy (non-hydrogen) atoms. The van der Waals surface area contributed by atoms with Gasteiger partial charge in [-0.15, -0.1) is 11.3 Å². The number of amides is 1. The number of nitrogens with zero attached hydrogens (tertiary/aromatic N) is 3. The lowest BCUT2D eigenvalue weighted by atomic mass is 9.98. The number of fused-ring (bicyclic) bond motifs is 2. The van der Waals surface area contributed by atoms with E-state index in [0.717, 1.165) is 5.56 Å². The number of carbonyl (C=O) groups is 1. The van der Waals surface area contributed by atoms with E-state index in [-0.39, 0.29) is 24.8 Å². The van der Waals surface area contributed by atoms with Crippen molar-refractivity contribution in [3.63, 3.8) is 0 Å². The van der Waals surface area contributed by atoms with Crippen molar-refractivity contribution in [2.45, 2.75) is 12.8 Å². The van der Waals surface area contributed by atoms with Gasteiger partial charge in [-0.2, -0.15) is 5.26 Å². The first-order valence-corrected chi connectivity index (χ1v) is 9.98. The van der Waals surface area contributed by atoms with E-state index in [1.807, 2.05) is 6.07 Å². The number of anilines is 1. The minimum absolute atomic E-state index is 0.0828. The maximum atomic E-state index is 12.7. The molecule has 0 saturated carbocycles. The molecule has 1 aromatic carbocycles. The van der Waals surface area contributed by atoms with Crippen LogP contribution in [0.4, 0.5) is 5.95 Å². The molecule has 0 fully saturated rings. The Morgan fingerprint density at radius 1 is 1.39 bits per heavy atom. The smallest absolute Gasteiger partial charge is 0.252 e. The van der Waals surface area contributed by atoms with E-state index in [9.17, 15) is 4.79 Å². The minimum Gasteiger partial charge on any atom is -0.491 e. The van der Waals surface area contributed by atoms with Crippen molar-refractivity contribution in [1.29, 1.82) is 5.26 Å². The first-order valence-electron chi connectivity index (χ1n) is 8.35. The van der Waals surface area contributed by atoms with E-state index in [1.54, 1.807) is 11.4 Å². The number of hydrogen-bond donors (Lipinski definition) is 2. The van der Waals surface area contributed by atoms with E-state index in [4.69, 9.17) is 38.9 Å². The molecule has 10 heteroatoms. The van der Waals surface area contributed by atoms with Crippen LogP contribution in [0.2, 0.25) is 10.0 Å². The zero-order chi connectivity index (χ0) is 19.8. The van der Waals surface area contributed by atoms with Gasteiger partial charge in [-0.3, -0.25) is 4.79 Å². The summed E-state index contributed by atoms with van der Waals surface area (Å²) in [5, 5.41) is 14.5. The van der Waals surface area contributed by atoms with Gasteiger partial charge in [0.25, 0.3) is 5.91 Å². The summed E-state index contributed by atoms with van der Waals surface area (Å²) in [4.78, 5) is 21.9. The van der Waals surface area contributed by atoms with E-state index in [0.29, 0.717) is 55.9 Å². The van der Waals surface area contributed by atoms with Gasteiger partial charge in [0.15, 0.2) is 0 Å². The van der Waals surface area contributed by atoms with Gasteiger partial charge in [-0.25, -0.2) is 9.97 Å². The summed E-state index contributed by atoms with van der Waals surface area (Å²) in [5.41, 5.74) is 8.27. The number of nitrogens with one attached hydrogen (secondary N) is 1. The van der Waals surface area contributed by atoms with Crippen LogP contribution in [-0.2, 0) is 6.42 Å². The van der Waals surface area contributed by atoms with Gasteiger partial charge in [0.05, 0.1) is 45.8 Å². The molecule has 7 nitrogen and oxygen atoms in total. The molecule has 1 aliphatic rings. The Hall–Kier alpha value is -2.60. The molecular formula is C18H13Cl2N5O2S. The fraction of sp³-hybridized carbons (Fsp3) is 0.222. The summed E-state index contributed by atoms with van der Waals surface area (Å²) in [7, 11) is 0. The van der Waals surface area contributed by atoms with Gasteiger partial charge in [-0.1, -0.05) is 23.2 Å². The largest absolute Gasteiger partial charge is 0.491 e. The molecule has 1 aliphatic heterocycles. The first-order chi connectivity index (χ1) is 13.5. The Bertz CT molecular complexity index is 1160. The van der Waals surface area contributed by atoms with Crippen LogP contribution < -0.4 is 15.8 Å². The van der Waals surface area contributed by atoms with Crippen molar-refractivity contribution in [3.05, 3.63) is 32.6 Å². The summed E-state index contributed by atoms with van der Waals surface area (Å²) in [6, 6.07) is 3.60. The monoisotopic (exact) mass is 433 g/mol. The van der Waals surface area contributed by atoms with Gasteiger partial charge < -0.3 is 15.8 Å². The summed E-state index contributed by atoms with van der Waals surface area (Å²) < 4.78 is 5.64. The third-order valence-electron chi connectivity index (χ3n) is 4.34. The molecule has 0 unspecified atom stereocenters. The second-order valence-corrected chi connectivity index (χ2v) is 7.72. The summed E-state index contributed by atoms with van der Waals surface area (Å²) >= 11 is 14.1. The Morgan fingerprint density at radius 2 is 2.21 bits per heavy atom. The first kappa shape index (κ1) is 18.7. The van der Waals surface area contributed by atoms with Crippen LogP contribution in [-0.4, -0.2) is 29.0 Å². The highest BCUT2D eigenvalue weighted by Gasteiger charge is 2.27. The number of benzene rings is 1. The van der Waals surface area contributed by atoms with Gasteiger partial charge >= 0.3 is 0 Å². The number of nitriles is 1. The maximum Gasteiger partial charge on any atom is 0.252 e. The Balaban J connectivity index is 1.94. The lowest BCUT2D eigenvalue weighted by Gasteiger charge is -2.13. The van der Waals surface area contributed by atoms with Crippen molar-refractivity contribution >= 4 is 56.6 Å². The van der Waals surface area contributed by atoms with E-state index >= 15 is 0 Å². The highest BCUT2D eigenvalue weighted by atomic mass is 35.5. The molecular weight excluding hydrogens is 421 g/mol. The number of aromatic nitrogens is 2. The Morgan fingerprint density at radius 3 is 3.00 bits per heavy atom. The lowest BCUT2D eigenvalue weighted by Crippen LogP contribution is -2.24. The molecule has 0 radical (unpaired) electrons. The van der Waals surface area contributed by atoms with E-state index in [2.05, 4.69) is 15.3 Å². The van der Waals surface area contributed by atoms with Crippen molar-refractivity contribution < 1.29 is 9.53 Å². The van der Waals surface area contributed by atoms with Gasteiger partial charge in [0.2, 0.25) is 5.95 Å². The molecule has 0 atom stereocenters. The highest BCUT2D eigenvalue weighted by Crippen LogP contribution is 2.46. The SMILES string of the molecule is N#CCCNC(=O)c1csc2nc(N)nc(-c3c(Cl)cc(Cl)c4c3CCO4)c12. The normalized spacial score (nSPS) is 12.5. The summed E-state index contributed by atoms with van der Waals surface area (Å²) in [5.74, 6) is 0.343. The van der Waals surface area contributed by atoms with Crippen molar-refractivity contribution in [2.75, 3.05) is 18.9 Å². The van der Waals surface area contributed by atoms with E-state index in [1.165, 1.54) is 11.3 Å². The number of ether oxygens (including phenoxy) is 1. The topological polar surface area (TPSA) is 114 Å². The summed E-state index contributed by atoms with van der Waals surface area (Å²) in [6.45, 7) is 0.736. The lowest BCUT2D eigenvalue weighted by molar-refractivity contribution is 0.0956. The van der Waals surface area contributed by atoms with Crippen LogP contribution in [0.3, 0.4) is 0 Å². The van der Waals surface area contributed by atoms with Crippen LogP contribution in [0.5, 0.6) is 5.75 Å². The fourth-order valence-corrected chi connectivity index (χ4v) is 4.76. The number of nitrogen functional groups attached to an aromatic ring is 1. The standard InChI is InChI=1S/C18H13Cl2N5O2S/c19-10-6-11(20)15-8(2-5-27-15)12(10)14-13-9(16(26)23-4-1-3-21)7-28-17(13)25-18(22)24-14/h6-7H,1-2,4-5H2,(H,23,26)(H2,22,24,25). The number of hydrogen-bond acceptors (Lipinski definition) is 7. The number of rotatable bonds is 4. The second-order valence-electron chi connectivity index (χ2n) is 6.05. The maximum absolute atomic E-state index is 12.7. The van der Waals surface area contributed by atoms with Crippen molar-refractivity contribution in [1.82, 2.24) is 15.3 Å². The molecule has 3 aromatic rings. The van der Waals surface area contributed by atoms with Gasteiger partial charge in [0.1, 0.15) is 10.6 Å². The quantitative estimate of drug-likeness (QED) is 0.604. The molecule has 2 aromatic heterocycles. The number of nitrogens with two attached hydrogens (primary N) is 1. The average molecular weight is 434 g/mol. The average Bonchev–Trinajstić information content (AvgIpc) is 3.29. The molecule has 1 amide bonds. The Labute approximate surface area is 174 Å². The molecule has 0 aliphatic carbocycles. The zero-order valence-corrected chi connectivity index (χ0v) is 16.7. The molecule has 0 spiro atoms. The van der Waals surface area contributed by atoms with Crippen LogP contribution >= 0.6 is 34.5 Å². The zero-order valence-electron chi connectivity index (χ0n) is 14.4. The molecule has 0 bridgehead atoms. The molecule has 0 saturated heterocycles. The van der Waals surface area contributed by atoms with Crippen molar-refractivity contribution in [2.24, 2.45) is 0 Å². The molecule has 4 rings (SSSR count). The van der Waals surface area contributed by atoms with Crippen LogP contribution in [0.25, 0.3) is 21.5 Å². The predicted molar refractivity (Wildman–Crippen MR) is 109 cm³/mol. The second kappa shape index (κ2) is 7.43. The van der Waals surface area contributed by atoms with Crippen LogP contribution in [0.1, 0.15) is 22.3 Å². The number of thiophene rings is 1. The third kappa shape index (κ3) is 3.11. The molecule has 3 heterocycles. The van der Waals surface area contributed by atoms with Crippen LogP contribution in [0.15, 0.2) is 11.4 Å². The molecule has 3 N–H and O–H groups in total. The summed E-state index contributed by atoms with van der Waals surface area (Å²) in [6.07, 6.45) is 0.835. The van der Waals surface area contributed by atoms with Crippen LogP contribution in [0, 0.1) is 11.3 Å². The van der Waals surface area contributed by atoms with Crippen molar-refractivity contribution in [3.8, 4) is 23.1 Å². The third-order valence-corrected chi connectivity index (χ3v) is 5.79. The highest BCUT2D eigenvalue weighted by molar-refractivity contribution is 7.17. The predicted octanol–water partition coefficient (Wildman–Crippen LogP) is 3.83. The van der Waals surface area contributed by atoms with E-state index < -0.39 is 0 Å². The molecule has 142 valence electrons. The minimum atomic E-state index is -0.311. The van der Waals surface area contributed by atoms with Gasteiger partial charge in [-0.05, 0) is 6.07 Å². The number of carbonyl (C=O) groups excluding carboxylic acids is 1. The fourth-order valence-electron chi connectivity index (χ4n) is 3.19. The Kier molecular flexibility index (Phi) is 4.98. The van der Waals surface area contributed by atoms with Gasteiger partial charge in [0, 0.05) is 29.5 Å².